The Bertz CT molecular complexity index is 558. The normalized spacial score (nSPS) is 15.5. The second-order valence-electron chi connectivity index (χ2n) is 7.29. The van der Waals surface area contributed by atoms with Gasteiger partial charge in [0.05, 0.1) is 6.61 Å². The number of hydrogen-bond donors (Lipinski definition) is 7. The lowest BCUT2D eigenvalue weighted by molar-refractivity contribution is -0.142. The third kappa shape index (κ3) is 8.89. The summed E-state index contributed by atoms with van der Waals surface area (Å²) in [6.45, 7) is 6.45. The lowest BCUT2D eigenvalue weighted by Crippen LogP contribution is -2.59. The molecule has 0 aliphatic rings. The number of carbonyl (C=O) groups is 4. The summed E-state index contributed by atoms with van der Waals surface area (Å²) in [7, 11) is 0. The van der Waals surface area contributed by atoms with Crippen molar-refractivity contribution in [1.29, 1.82) is 0 Å². The van der Waals surface area contributed by atoms with Crippen molar-refractivity contribution in [2.24, 2.45) is 17.6 Å². The number of thiol groups is 1. The van der Waals surface area contributed by atoms with E-state index in [1.165, 1.54) is 0 Å². The van der Waals surface area contributed by atoms with E-state index in [-0.39, 0.29) is 24.0 Å². The third-order valence-corrected chi connectivity index (χ3v) is 4.28. The van der Waals surface area contributed by atoms with Crippen molar-refractivity contribution in [2.45, 2.75) is 58.3 Å². The number of carboxylic acid groups (broad SMARTS) is 1. The molecule has 0 spiro atoms. The zero-order valence-electron chi connectivity index (χ0n) is 16.6. The molecule has 0 aromatic carbocycles. The van der Waals surface area contributed by atoms with Crippen LogP contribution in [0, 0.1) is 11.8 Å². The average molecular weight is 421 g/mol. The van der Waals surface area contributed by atoms with Gasteiger partial charge in [-0.05, 0) is 18.3 Å². The van der Waals surface area contributed by atoms with Gasteiger partial charge in [-0.2, -0.15) is 12.6 Å². The summed E-state index contributed by atoms with van der Waals surface area (Å²) in [5.41, 5.74) is 5.44. The van der Waals surface area contributed by atoms with Gasteiger partial charge in [0.1, 0.15) is 24.2 Å². The summed E-state index contributed by atoms with van der Waals surface area (Å²) in [4.78, 5) is 48.1. The fourth-order valence-electron chi connectivity index (χ4n) is 2.30. The zero-order chi connectivity index (χ0) is 22.0. The highest BCUT2D eigenvalue weighted by Gasteiger charge is 2.31. The predicted octanol–water partition coefficient (Wildman–Crippen LogP) is -1.52. The number of aliphatic carboxylic acids is 1. The van der Waals surface area contributed by atoms with Gasteiger partial charge >= 0.3 is 5.97 Å². The van der Waals surface area contributed by atoms with Crippen molar-refractivity contribution in [2.75, 3.05) is 12.4 Å². The van der Waals surface area contributed by atoms with Gasteiger partial charge in [0.2, 0.25) is 17.7 Å². The van der Waals surface area contributed by atoms with Crippen LogP contribution in [0.5, 0.6) is 0 Å². The summed E-state index contributed by atoms with van der Waals surface area (Å²) < 4.78 is 0. The van der Waals surface area contributed by atoms with E-state index >= 15 is 0 Å². The number of hydrogen-bond acceptors (Lipinski definition) is 7. The van der Waals surface area contributed by atoms with E-state index in [1.807, 2.05) is 13.8 Å². The first-order valence-electron chi connectivity index (χ1n) is 9.05. The molecule has 28 heavy (non-hydrogen) atoms. The lowest BCUT2D eigenvalue weighted by atomic mass is 10.0. The average Bonchev–Trinajstić information content (AvgIpc) is 2.61. The number of aliphatic hydroxyl groups excluding tert-OH is 1. The molecule has 0 aliphatic heterocycles. The predicted molar refractivity (Wildman–Crippen MR) is 107 cm³/mol. The Balaban J connectivity index is 5.12. The molecule has 0 bridgehead atoms. The fourth-order valence-corrected chi connectivity index (χ4v) is 2.56. The van der Waals surface area contributed by atoms with Gasteiger partial charge in [-0.3, -0.25) is 14.4 Å². The van der Waals surface area contributed by atoms with Gasteiger partial charge in [0, 0.05) is 5.75 Å². The molecule has 0 aliphatic carbocycles. The maximum Gasteiger partial charge on any atom is 0.326 e. The summed E-state index contributed by atoms with van der Waals surface area (Å²) in [5, 5.41) is 25.5. The van der Waals surface area contributed by atoms with Gasteiger partial charge < -0.3 is 31.9 Å². The van der Waals surface area contributed by atoms with Crippen LogP contribution in [0.3, 0.4) is 0 Å². The molecule has 0 aromatic rings. The summed E-state index contributed by atoms with van der Waals surface area (Å²) in [5.74, 6) is -3.55. The van der Waals surface area contributed by atoms with Crippen LogP contribution in [0.15, 0.2) is 0 Å². The Morgan fingerprint density at radius 3 is 1.86 bits per heavy atom. The van der Waals surface area contributed by atoms with Crippen LogP contribution < -0.4 is 21.7 Å². The quantitative estimate of drug-likeness (QED) is 0.188. The SMILES string of the molecule is CC(C)C[C@H](NC(=O)[C@H](CS)NC(=O)[C@@H](NC(=O)[C@@H](N)CO)C(C)C)C(=O)O. The second-order valence-corrected chi connectivity index (χ2v) is 7.66. The molecule has 7 N–H and O–H groups in total. The van der Waals surface area contributed by atoms with Crippen molar-refractivity contribution in [3.63, 3.8) is 0 Å². The molecule has 4 atom stereocenters. The number of nitrogens with two attached hydrogens (primary N) is 1. The summed E-state index contributed by atoms with van der Waals surface area (Å²) in [6.07, 6.45) is 0.234. The zero-order valence-corrected chi connectivity index (χ0v) is 17.5. The minimum atomic E-state index is -1.18. The van der Waals surface area contributed by atoms with Gasteiger partial charge in [0.25, 0.3) is 0 Å². The van der Waals surface area contributed by atoms with Crippen molar-refractivity contribution in [1.82, 2.24) is 16.0 Å². The van der Waals surface area contributed by atoms with Gasteiger partial charge in [0.15, 0.2) is 0 Å². The Hall–Kier alpha value is -1.85. The highest BCUT2D eigenvalue weighted by molar-refractivity contribution is 7.80. The highest BCUT2D eigenvalue weighted by Crippen LogP contribution is 2.07. The largest absolute Gasteiger partial charge is 0.480 e. The van der Waals surface area contributed by atoms with Crippen LogP contribution in [0.1, 0.15) is 34.1 Å². The summed E-state index contributed by atoms with van der Waals surface area (Å²) >= 11 is 4.05. The molecule has 3 amide bonds. The first-order chi connectivity index (χ1) is 12.9. The first-order valence-corrected chi connectivity index (χ1v) is 9.68. The Morgan fingerprint density at radius 1 is 0.929 bits per heavy atom. The number of rotatable bonds is 12. The van der Waals surface area contributed by atoms with Crippen molar-refractivity contribution in [3.05, 3.63) is 0 Å². The number of aliphatic hydroxyl groups is 1. The van der Waals surface area contributed by atoms with Crippen molar-refractivity contribution < 1.29 is 29.4 Å². The van der Waals surface area contributed by atoms with Crippen LogP contribution in [-0.2, 0) is 19.2 Å². The Kier molecular flexibility index (Phi) is 11.7. The molecule has 0 saturated heterocycles. The van der Waals surface area contributed by atoms with Crippen LogP contribution in [0.2, 0.25) is 0 Å². The molecule has 0 fully saturated rings. The Morgan fingerprint density at radius 2 is 1.46 bits per heavy atom. The van der Waals surface area contributed by atoms with Crippen LogP contribution in [0.25, 0.3) is 0 Å². The highest BCUT2D eigenvalue weighted by atomic mass is 32.1. The van der Waals surface area contributed by atoms with E-state index in [0.717, 1.165) is 0 Å². The van der Waals surface area contributed by atoms with E-state index in [2.05, 4.69) is 28.6 Å². The lowest BCUT2D eigenvalue weighted by Gasteiger charge is -2.26. The van der Waals surface area contributed by atoms with Crippen molar-refractivity contribution in [3.8, 4) is 0 Å². The molecular weight excluding hydrogens is 388 g/mol. The van der Waals surface area contributed by atoms with Crippen LogP contribution >= 0.6 is 12.6 Å². The number of carboxylic acids is 1. The minimum Gasteiger partial charge on any atom is -0.480 e. The number of carbonyl (C=O) groups excluding carboxylic acids is 3. The molecule has 11 heteroatoms. The fraction of sp³-hybridized carbons (Fsp3) is 0.765. The molecule has 0 heterocycles. The second kappa shape index (κ2) is 12.6. The molecule has 10 nitrogen and oxygen atoms in total. The van der Waals surface area contributed by atoms with E-state index < -0.39 is 54.5 Å². The van der Waals surface area contributed by atoms with E-state index in [1.54, 1.807) is 13.8 Å². The maximum absolute atomic E-state index is 12.5. The van der Waals surface area contributed by atoms with E-state index in [9.17, 15) is 24.3 Å². The van der Waals surface area contributed by atoms with E-state index in [4.69, 9.17) is 10.8 Å². The van der Waals surface area contributed by atoms with Crippen molar-refractivity contribution >= 4 is 36.3 Å². The molecule has 0 unspecified atom stereocenters. The molecular formula is C17H32N4O6S. The molecule has 0 saturated carbocycles. The maximum atomic E-state index is 12.5. The molecule has 0 rings (SSSR count). The molecule has 0 aromatic heterocycles. The van der Waals surface area contributed by atoms with Crippen LogP contribution in [-0.4, -0.2) is 70.4 Å². The Labute approximate surface area is 170 Å². The van der Waals surface area contributed by atoms with E-state index in [0.29, 0.717) is 0 Å². The monoisotopic (exact) mass is 420 g/mol. The topological polar surface area (TPSA) is 171 Å². The molecule has 162 valence electrons. The van der Waals surface area contributed by atoms with Gasteiger partial charge in [-0.1, -0.05) is 27.7 Å². The van der Waals surface area contributed by atoms with Crippen LogP contribution in [0.4, 0.5) is 0 Å². The third-order valence-electron chi connectivity index (χ3n) is 3.92. The standard InChI is InChI=1S/C17H32N4O6S/c1-8(2)5-11(17(26)27)19-15(24)12(7-28)20-16(25)13(9(3)4)21-14(23)10(18)6-22/h8-13,22,28H,5-7,18H2,1-4H3,(H,19,24)(H,20,25)(H,21,23)(H,26,27)/t10-,11-,12-,13-/m0/s1. The molecule has 0 radical (unpaired) electrons. The number of nitrogens with one attached hydrogen (secondary N) is 3. The summed E-state index contributed by atoms with van der Waals surface area (Å²) in [6, 6.07) is -4.35. The van der Waals surface area contributed by atoms with Gasteiger partial charge in [-0.25, -0.2) is 4.79 Å². The smallest absolute Gasteiger partial charge is 0.326 e. The minimum absolute atomic E-state index is 0.0432. The first kappa shape index (κ1) is 26.1. The van der Waals surface area contributed by atoms with Gasteiger partial charge in [-0.15, -0.1) is 0 Å². The number of amides is 3.